The Morgan fingerprint density at radius 3 is 2.35 bits per heavy atom. The third kappa shape index (κ3) is 4.70. The van der Waals surface area contributed by atoms with Crippen LogP contribution in [0.1, 0.15) is 23.2 Å². The summed E-state index contributed by atoms with van der Waals surface area (Å²) in [5.41, 5.74) is 2.60. The number of amides is 2. The zero-order valence-electron chi connectivity index (χ0n) is 18.8. The largest absolute Gasteiger partial charge is 0.367 e. The fourth-order valence-corrected chi connectivity index (χ4v) is 5.24. The van der Waals surface area contributed by atoms with Crippen molar-refractivity contribution in [2.45, 2.75) is 12.8 Å². The van der Waals surface area contributed by atoms with Gasteiger partial charge in [-0.1, -0.05) is 23.2 Å². The van der Waals surface area contributed by atoms with Crippen LogP contribution in [0.3, 0.4) is 0 Å². The van der Waals surface area contributed by atoms with E-state index in [2.05, 4.69) is 9.88 Å². The van der Waals surface area contributed by atoms with Crippen molar-refractivity contribution < 1.29 is 9.59 Å². The van der Waals surface area contributed by atoms with Gasteiger partial charge >= 0.3 is 0 Å². The lowest BCUT2D eigenvalue weighted by Crippen LogP contribution is -2.53. The Labute approximate surface area is 209 Å². The molecule has 8 heteroatoms. The van der Waals surface area contributed by atoms with E-state index in [1.807, 2.05) is 29.2 Å². The number of nitrogens with zero attached hydrogens (tertiary/aromatic N) is 4. The minimum Gasteiger partial charge on any atom is -0.367 e. The Balaban J connectivity index is 1.22. The summed E-state index contributed by atoms with van der Waals surface area (Å²) in [7, 11) is 0. The Bertz CT molecular complexity index is 1210. The molecule has 0 radical (unpaired) electrons. The van der Waals surface area contributed by atoms with Crippen molar-refractivity contribution >= 4 is 51.6 Å². The number of anilines is 1. The van der Waals surface area contributed by atoms with Crippen LogP contribution >= 0.6 is 23.2 Å². The van der Waals surface area contributed by atoms with Gasteiger partial charge in [-0.25, -0.2) is 0 Å². The first-order chi connectivity index (χ1) is 16.5. The Morgan fingerprint density at radius 2 is 1.59 bits per heavy atom. The van der Waals surface area contributed by atoms with E-state index in [9.17, 15) is 9.59 Å². The number of likely N-dealkylation sites (tertiary alicyclic amines) is 1. The number of halogens is 2. The lowest BCUT2D eigenvalue weighted by Gasteiger charge is -2.40. The summed E-state index contributed by atoms with van der Waals surface area (Å²) in [6.45, 7) is 3.99. The number of piperidine rings is 1. The van der Waals surface area contributed by atoms with Crippen molar-refractivity contribution in [3.05, 3.63) is 70.3 Å². The summed E-state index contributed by atoms with van der Waals surface area (Å²) in [5, 5.41) is 2.34. The number of carbonyl (C=O) groups excluding carboxylic acids is 2. The molecule has 0 bridgehead atoms. The van der Waals surface area contributed by atoms with Crippen LogP contribution in [-0.4, -0.2) is 65.9 Å². The number of rotatable bonds is 3. The van der Waals surface area contributed by atoms with E-state index in [1.54, 1.807) is 35.4 Å². The third-order valence-corrected chi connectivity index (χ3v) is 7.25. The number of benzene rings is 2. The normalized spacial score (nSPS) is 18.9. The lowest BCUT2D eigenvalue weighted by molar-refractivity contribution is -0.137. The van der Waals surface area contributed by atoms with E-state index >= 15 is 0 Å². The number of hydrogen-bond acceptors (Lipinski definition) is 4. The molecule has 2 aliphatic rings. The molecule has 5 rings (SSSR count). The second-order valence-electron chi connectivity index (χ2n) is 8.90. The molecular weight excluding hydrogens is 471 g/mol. The first-order valence-corrected chi connectivity index (χ1v) is 12.4. The zero-order valence-corrected chi connectivity index (χ0v) is 20.3. The van der Waals surface area contributed by atoms with Gasteiger partial charge in [-0.3, -0.25) is 14.6 Å². The Morgan fingerprint density at radius 1 is 0.853 bits per heavy atom. The van der Waals surface area contributed by atoms with E-state index in [1.165, 1.54) is 0 Å². The maximum atomic E-state index is 13.3. The summed E-state index contributed by atoms with van der Waals surface area (Å²) in [6, 6.07) is 14.7. The molecule has 1 aromatic heterocycles. The summed E-state index contributed by atoms with van der Waals surface area (Å²) >= 11 is 12.1. The van der Waals surface area contributed by atoms with Crippen LogP contribution in [-0.2, 0) is 4.79 Å². The maximum absolute atomic E-state index is 13.3. The molecule has 34 heavy (non-hydrogen) atoms. The molecule has 2 fully saturated rings. The number of carbonyl (C=O) groups is 2. The summed E-state index contributed by atoms with van der Waals surface area (Å²) in [6.07, 6.45) is 3.46. The molecular formula is C26H26Cl2N4O2. The molecule has 0 spiro atoms. The van der Waals surface area contributed by atoms with Gasteiger partial charge in [0.1, 0.15) is 0 Å². The van der Waals surface area contributed by atoms with Gasteiger partial charge in [-0.2, -0.15) is 0 Å². The highest BCUT2D eigenvalue weighted by Gasteiger charge is 2.33. The van der Waals surface area contributed by atoms with E-state index < -0.39 is 0 Å². The maximum Gasteiger partial charge on any atom is 0.253 e. The van der Waals surface area contributed by atoms with Gasteiger partial charge in [-0.05, 0) is 61.4 Å². The van der Waals surface area contributed by atoms with E-state index in [4.69, 9.17) is 23.2 Å². The molecule has 6 nitrogen and oxygen atoms in total. The molecule has 1 atom stereocenters. The van der Waals surface area contributed by atoms with Gasteiger partial charge in [0.25, 0.3) is 5.91 Å². The second-order valence-corrected chi connectivity index (χ2v) is 9.77. The predicted molar refractivity (Wildman–Crippen MR) is 136 cm³/mol. The van der Waals surface area contributed by atoms with Crippen molar-refractivity contribution in [2.75, 3.05) is 44.2 Å². The lowest BCUT2D eigenvalue weighted by atomic mass is 9.95. The molecule has 2 saturated heterocycles. The second kappa shape index (κ2) is 9.80. The molecule has 2 aromatic carbocycles. The third-order valence-electron chi connectivity index (χ3n) is 6.76. The van der Waals surface area contributed by atoms with Gasteiger partial charge in [0, 0.05) is 72.1 Å². The average Bonchev–Trinajstić information content (AvgIpc) is 2.88. The van der Waals surface area contributed by atoms with Crippen molar-refractivity contribution in [3.63, 3.8) is 0 Å². The van der Waals surface area contributed by atoms with Gasteiger partial charge < -0.3 is 14.7 Å². The molecule has 176 valence electrons. The van der Waals surface area contributed by atoms with Gasteiger partial charge in [-0.15, -0.1) is 0 Å². The highest BCUT2D eigenvalue weighted by Crippen LogP contribution is 2.29. The van der Waals surface area contributed by atoms with Gasteiger partial charge in [0.05, 0.1) is 11.4 Å². The standard InChI is InChI=1S/C26H26Cl2N4O2/c27-20-5-3-18(4-6-20)25(33)32-11-1-2-19(17-32)26(34)31-14-12-30(13-15-31)24-9-10-29-23-16-21(28)7-8-22(23)24/h3-10,16,19H,1-2,11-15,17H2/t19-/m1/s1. The number of aromatic nitrogens is 1. The highest BCUT2D eigenvalue weighted by molar-refractivity contribution is 6.31. The van der Waals surface area contributed by atoms with E-state index in [0.717, 1.165) is 42.5 Å². The summed E-state index contributed by atoms with van der Waals surface area (Å²) < 4.78 is 0. The van der Waals surface area contributed by atoms with Crippen LogP contribution < -0.4 is 4.90 Å². The summed E-state index contributed by atoms with van der Waals surface area (Å²) in [5.74, 6) is -0.0382. The fraction of sp³-hybridized carbons (Fsp3) is 0.346. The fourth-order valence-electron chi connectivity index (χ4n) is 4.95. The molecule has 0 saturated carbocycles. The van der Waals surface area contributed by atoms with E-state index in [0.29, 0.717) is 41.8 Å². The quantitative estimate of drug-likeness (QED) is 0.525. The molecule has 2 amide bonds. The topological polar surface area (TPSA) is 56.8 Å². The number of piperazine rings is 1. The SMILES string of the molecule is O=C(c1ccc(Cl)cc1)N1CCC[C@@H](C(=O)N2CCN(c3ccnc4cc(Cl)ccc34)CC2)C1. The molecule has 0 N–H and O–H groups in total. The monoisotopic (exact) mass is 496 g/mol. The first-order valence-electron chi connectivity index (χ1n) is 11.6. The molecule has 3 heterocycles. The van der Waals surface area contributed by atoms with Crippen molar-refractivity contribution in [1.82, 2.24) is 14.8 Å². The van der Waals surface area contributed by atoms with Crippen molar-refractivity contribution in [3.8, 4) is 0 Å². The van der Waals surface area contributed by atoms with Gasteiger partial charge in [0.15, 0.2) is 0 Å². The predicted octanol–water partition coefficient (Wildman–Crippen LogP) is 4.74. The van der Waals surface area contributed by atoms with Crippen LogP contribution in [0.25, 0.3) is 10.9 Å². The number of hydrogen-bond donors (Lipinski definition) is 0. The molecule has 0 aliphatic carbocycles. The highest BCUT2D eigenvalue weighted by atomic mass is 35.5. The van der Waals surface area contributed by atoms with Crippen LogP contribution in [0.4, 0.5) is 5.69 Å². The van der Waals surface area contributed by atoms with Crippen LogP contribution in [0.2, 0.25) is 10.0 Å². The van der Waals surface area contributed by atoms with Crippen molar-refractivity contribution in [1.29, 1.82) is 0 Å². The smallest absolute Gasteiger partial charge is 0.253 e. The Hall–Kier alpha value is -2.83. The minimum atomic E-state index is -0.152. The van der Waals surface area contributed by atoms with Gasteiger partial charge in [0.2, 0.25) is 5.91 Å². The molecule has 0 unspecified atom stereocenters. The zero-order chi connectivity index (χ0) is 23.7. The van der Waals surface area contributed by atoms with Crippen molar-refractivity contribution in [2.24, 2.45) is 5.92 Å². The van der Waals surface area contributed by atoms with Crippen LogP contribution in [0.15, 0.2) is 54.7 Å². The Kier molecular flexibility index (Phi) is 6.61. The minimum absolute atomic E-state index is 0.0383. The number of fused-ring (bicyclic) bond motifs is 1. The van der Waals surface area contributed by atoms with Crippen LogP contribution in [0.5, 0.6) is 0 Å². The number of pyridine rings is 1. The summed E-state index contributed by atoms with van der Waals surface area (Å²) in [4.78, 5) is 36.7. The molecule has 3 aromatic rings. The van der Waals surface area contributed by atoms with Crippen LogP contribution in [0, 0.1) is 5.92 Å². The molecule has 2 aliphatic heterocycles. The average molecular weight is 497 g/mol. The first kappa shape index (κ1) is 22.9. The van der Waals surface area contributed by atoms with E-state index in [-0.39, 0.29) is 17.7 Å².